The van der Waals surface area contributed by atoms with Gasteiger partial charge in [-0.05, 0) is 31.0 Å². The average molecular weight is 473 g/mol. The van der Waals surface area contributed by atoms with Crippen molar-refractivity contribution in [3.8, 4) is 11.5 Å². The molecule has 10 heteroatoms. The van der Waals surface area contributed by atoms with Gasteiger partial charge < -0.3 is 14.8 Å². The first kappa shape index (κ1) is 22.7. The fraction of sp³-hybridized carbons (Fsp3) is 0.350. The first-order chi connectivity index (χ1) is 14.3. The van der Waals surface area contributed by atoms with Crippen LogP contribution in [0.4, 0.5) is 5.69 Å². The van der Waals surface area contributed by atoms with Gasteiger partial charge in [0.25, 0.3) is 5.91 Å². The molecule has 0 bridgehead atoms. The van der Waals surface area contributed by atoms with Crippen LogP contribution in [0.3, 0.4) is 0 Å². The molecular weight excluding hydrogens is 451 g/mol. The van der Waals surface area contributed by atoms with Crippen molar-refractivity contribution < 1.29 is 22.7 Å². The van der Waals surface area contributed by atoms with Crippen LogP contribution in [0.1, 0.15) is 29.6 Å². The van der Waals surface area contributed by atoms with E-state index in [9.17, 15) is 13.2 Å². The van der Waals surface area contributed by atoms with Gasteiger partial charge in [0.05, 0.1) is 40.4 Å². The molecule has 0 atom stereocenters. The number of nitrogens with zero attached hydrogens (tertiary/aromatic N) is 1. The average Bonchev–Trinajstić information content (AvgIpc) is 2.75. The number of carbonyl (C=O) groups is 1. The number of sulfonamides is 1. The number of ether oxygens (including phenoxy) is 2. The molecule has 3 rings (SSSR count). The zero-order valence-electron chi connectivity index (χ0n) is 16.6. The summed E-state index contributed by atoms with van der Waals surface area (Å²) in [5.74, 6) is 0.0843. The molecule has 0 aliphatic carbocycles. The first-order valence-corrected chi connectivity index (χ1v) is 11.5. The Morgan fingerprint density at radius 2 is 1.63 bits per heavy atom. The van der Waals surface area contributed by atoms with E-state index in [1.807, 2.05) is 0 Å². The lowest BCUT2D eigenvalue weighted by Crippen LogP contribution is -2.35. The van der Waals surface area contributed by atoms with E-state index in [0.29, 0.717) is 35.3 Å². The molecule has 0 aromatic heterocycles. The fourth-order valence-corrected chi connectivity index (χ4v) is 5.22. The van der Waals surface area contributed by atoms with Crippen LogP contribution in [-0.2, 0) is 10.0 Å². The normalized spacial score (nSPS) is 14.9. The molecule has 1 heterocycles. The lowest BCUT2D eigenvalue weighted by atomic mass is 10.2. The maximum Gasteiger partial charge on any atom is 0.257 e. The highest BCUT2D eigenvalue weighted by Gasteiger charge is 2.27. The molecule has 7 nitrogen and oxygen atoms in total. The van der Waals surface area contributed by atoms with Crippen molar-refractivity contribution in [1.82, 2.24) is 4.31 Å². The monoisotopic (exact) mass is 472 g/mol. The number of rotatable bonds is 6. The number of methoxy groups -OCH3 is 2. The summed E-state index contributed by atoms with van der Waals surface area (Å²) < 4.78 is 37.8. The SMILES string of the molecule is COc1cc(NC(=O)c2cc(S(=O)(=O)N3CCCCC3)ccc2Cl)c(OC)cc1Cl. The van der Waals surface area contributed by atoms with E-state index in [2.05, 4.69) is 5.32 Å². The predicted molar refractivity (Wildman–Crippen MR) is 117 cm³/mol. The third-order valence-electron chi connectivity index (χ3n) is 4.86. The Labute approximate surface area is 185 Å². The second-order valence-corrected chi connectivity index (χ2v) is 9.50. The van der Waals surface area contributed by atoms with Crippen molar-refractivity contribution in [3.05, 3.63) is 45.9 Å². The van der Waals surface area contributed by atoms with Crippen molar-refractivity contribution in [2.75, 3.05) is 32.6 Å². The number of anilines is 1. The molecule has 1 N–H and O–H groups in total. The summed E-state index contributed by atoms with van der Waals surface area (Å²) in [6.07, 6.45) is 2.64. The van der Waals surface area contributed by atoms with Gasteiger partial charge in [-0.3, -0.25) is 4.79 Å². The van der Waals surface area contributed by atoms with Crippen LogP contribution in [0.5, 0.6) is 11.5 Å². The molecule has 1 amide bonds. The quantitative estimate of drug-likeness (QED) is 0.671. The van der Waals surface area contributed by atoms with Crippen LogP contribution in [0.15, 0.2) is 35.2 Å². The van der Waals surface area contributed by atoms with Gasteiger partial charge in [0.15, 0.2) is 0 Å². The Hall–Kier alpha value is -2.00. The summed E-state index contributed by atoms with van der Waals surface area (Å²) in [5, 5.41) is 3.13. The number of hydrogen-bond donors (Lipinski definition) is 1. The van der Waals surface area contributed by atoms with Crippen molar-refractivity contribution >= 4 is 44.8 Å². The van der Waals surface area contributed by atoms with Gasteiger partial charge in [0.1, 0.15) is 11.5 Å². The minimum absolute atomic E-state index is 0.0274. The standard InChI is InChI=1S/C20H22Cl2N2O5S/c1-28-18-12-17(19(29-2)11-16(18)22)23-20(25)14-10-13(6-7-15(14)21)30(26,27)24-8-4-3-5-9-24/h6-7,10-12H,3-5,8-9H2,1-2H3,(H,23,25). The van der Waals surface area contributed by atoms with Crippen LogP contribution >= 0.6 is 23.2 Å². The van der Waals surface area contributed by atoms with E-state index in [1.54, 1.807) is 0 Å². The molecule has 2 aromatic carbocycles. The second-order valence-electron chi connectivity index (χ2n) is 6.75. The summed E-state index contributed by atoms with van der Waals surface area (Å²) in [6, 6.07) is 7.14. The lowest BCUT2D eigenvalue weighted by molar-refractivity contribution is 0.102. The summed E-state index contributed by atoms with van der Waals surface area (Å²) in [5.41, 5.74) is 0.342. The van der Waals surface area contributed by atoms with Gasteiger partial charge in [-0.25, -0.2) is 8.42 Å². The molecule has 0 spiro atoms. The zero-order valence-corrected chi connectivity index (χ0v) is 18.9. The minimum atomic E-state index is -3.70. The maximum absolute atomic E-state index is 13.0. The van der Waals surface area contributed by atoms with Gasteiger partial charge in [0, 0.05) is 25.2 Å². The number of benzene rings is 2. The van der Waals surface area contributed by atoms with Crippen LogP contribution in [0.25, 0.3) is 0 Å². The largest absolute Gasteiger partial charge is 0.495 e. The second kappa shape index (κ2) is 9.43. The van der Waals surface area contributed by atoms with Crippen molar-refractivity contribution in [1.29, 1.82) is 0 Å². The first-order valence-electron chi connectivity index (χ1n) is 9.30. The Bertz CT molecular complexity index is 1050. The van der Waals surface area contributed by atoms with Gasteiger partial charge in [-0.2, -0.15) is 4.31 Å². The Kier molecular flexibility index (Phi) is 7.13. The lowest BCUT2D eigenvalue weighted by Gasteiger charge is -2.26. The van der Waals surface area contributed by atoms with E-state index in [1.165, 1.54) is 48.9 Å². The van der Waals surface area contributed by atoms with E-state index >= 15 is 0 Å². The maximum atomic E-state index is 13.0. The number of carbonyl (C=O) groups excluding carboxylic acids is 1. The molecule has 0 saturated carbocycles. The van der Waals surface area contributed by atoms with E-state index in [4.69, 9.17) is 32.7 Å². The molecule has 1 aliphatic rings. The molecule has 0 radical (unpaired) electrons. The van der Waals surface area contributed by atoms with E-state index in [-0.39, 0.29) is 15.5 Å². The highest BCUT2D eigenvalue weighted by Crippen LogP contribution is 2.36. The summed E-state index contributed by atoms with van der Waals surface area (Å²) >= 11 is 12.3. The third kappa shape index (κ3) is 4.67. The minimum Gasteiger partial charge on any atom is -0.495 e. The molecule has 1 saturated heterocycles. The molecule has 0 unspecified atom stereocenters. The van der Waals surface area contributed by atoms with Crippen LogP contribution < -0.4 is 14.8 Å². The van der Waals surface area contributed by atoms with Crippen molar-refractivity contribution in [2.24, 2.45) is 0 Å². The van der Waals surface area contributed by atoms with E-state index in [0.717, 1.165) is 19.3 Å². The van der Waals surface area contributed by atoms with E-state index < -0.39 is 15.9 Å². The Morgan fingerprint density at radius 3 is 2.27 bits per heavy atom. The smallest absolute Gasteiger partial charge is 0.257 e. The molecule has 30 heavy (non-hydrogen) atoms. The highest BCUT2D eigenvalue weighted by molar-refractivity contribution is 7.89. The number of halogens is 2. The molecule has 2 aromatic rings. The summed E-state index contributed by atoms with van der Waals surface area (Å²) in [6.45, 7) is 0.933. The highest BCUT2D eigenvalue weighted by atomic mass is 35.5. The fourth-order valence-electron chi connectivity index (χ4n) is 3.24. The number of nitrogens with one attached hydrogen (secondary N) is 1. The Morgan fingerprint density at radius 1 is 0.967 bits per heavy atom. The molecule has 1 fully saturated rings. The molecule has 162 valence electrons. The van der Waals surface area contributed by atoms with Crippen molar-refractivity contribution in [2.45, 2.75) is 24.2 Å². The summed E-state index contributed by atoms with van der Waals surface area (Å²) in [4.78, 5) is 12.9. The summed E-state index contributed by atoms with van der Waals surface area (Å²) in [7, 11) is -0.818. The number of amides is 1. The number of piperidine rings is 1. The van der Waals surface area contributed by atoms with Gasteiger partial charge in [-0.15, -0.1) is 0 Å². The van der Waals surface area contributed by atoms with Gasteiger partial charge in [-0.1, -0.05) is 29.6 Å². The molecule has 1 aliphatic heterocycles. The zero-order chi connectivity index (χ0) is 21.9. The van der Waals surface area contributed by atoms with Crippen LogP contribution in [0.2, 0.25) is 10.0 Å². The van der Waals surface area contributed by atoms with Crippen molar-refractivity contribution in [3.63, 3.8) is 0 Å². The van der Waals surface area contributed by atoms with Gasteiger partial charge in [0.2, 0.25) is 10.0 Å². The molecular formula is C20H22Cl2N2O5S. The Balaban J connectivity index is 1.93. The number of hydrogen-bond acceptors (Lipinski definition) is 5. The van der Waals surface area contributed by atoms with Crippen LogP contribution in [0, 0.1) is 0 Å². The van der Waals surface area contributed by atoms with Crippen LogP contribution in [-0.4, -0.2) is 45.9 Å². The third-order valence-corrected chi connectivity index (χ3v) is 7.38. The van der Waals surface area contributed by atoms with Gasteiger partial charge >= 0.3 is 0 Å². The predicted octanol–water partition coefficient (Wildman–Crippen LogP) is 4.44. The topological polar surface area (TPSA) is 84.9 Å².